The molecular formula is C16H30N4O2. The second-order valence-electron chi connectivity index (χ2n) is 6.80. The van der Waals surface area contributed by atoms with Crippen molar-refractivity contribution in [2.24, 2.45) is 5.92 Å². The van der Waals surface area contributed by atoms with Gasteiger partial charge in [-0.1, -0.05) is 13.8 Å². The molecule has 0 saturated carbocycles. The summed E-state index contributed by atoms with van der Waals surface area (Å²) in [5.74, 6) is 0.461. The lowest BCUT2D eigenvalue weighted by Gasteiger charge is -2.35. The van der Waals surface area contributed by atoms with Gasteiger partial charge < -0.3 is 15.5 Å². The van der Waals surface area contributed by atoms with Gasteiger partial charge in [0.25, 0.3) is 0 Å². The molecule has 2 aliphatic heterocycles. The summed E-state index contributed by atoms with van der Waals surface area (Å²) in [5.41, 5.74) is 0. The van der Waals surface area contributed by atoms with Crippen LogP contribution in [0.3, 0.4) is 0 Å². The highest BCUT2D eigenvalue weighted by Gasteiger charge is 2.31. The summed E-state index contributed by atoms with van der Waals surface area (Å²) in [5, 5.41) is 5.84. The Morgan fingerprint density at radius 3 is 2.73 bits per heavy atom. The lowest BCUT2D eigenvalue weighted by molar-refractivity contribution is -0.134. The molecule has 22 heavy (non-hydrogen) atoms. The van der Waals surface area contributed by atoms with Crippen LogP contribution in [0.4, 0.5) is 0 Å². The SMILES string of the molecule is CC(C)CN1CCNC(=O)[C@@H]1CC(=O)NCCN1CCCC1. The molecule has 126 valence electrons. The molecule has 0 unspecified atom stereocenters. The molecule has 2 aliphatic rings. The van der Waals surface area contributed by atoms with Gasteiger partial charge >= 0.3 is 0 Å². The topological polar surface area (TPSA) is 64.7 Å². The molecule has 0 bridgehead atoms. The van der Waals surface area contributed by atoms with Crippen LogP contribution in [0.1, 0.15) is 33.1 Å². The molecule has 6 nitrogen and oxygen atoms in total. The maximum absolute atomic E-state index is 12.1. The van der Waals surface area contributed by atoms with Crippen LogP contribution in [0, 0.1) is 5.92 Å². The summed E-state index contributed by atoms with van der Waals surface area (Å²) in [6, 6.07) is -0.317. The first-order chi connectivity index (χ1) is 10.6. The van der Waals surface area contributed by atoms with Crippen LogP contribution in [0.25, 0.3) is 0 Å². The van der Waals surface area contributed by atoms with Crippen LogP contribution in [-0.4, -0.2) is 73.5 Å². The summed E-state index contributed by atoms with van der Waals surface area (Å²) in [6.45, 7) is 10.5. The fourth-order valence-electron chi connectivity index (χ4n) is 3.28. The van der Waals surface area contributed by atoms with E-state index in [2.05, 4.69) is 34.3 Å². The van der Waals surface area contributed by atoms with Gasteiger partial charge in [-0.2, -0.15) is 0 Å². The highest BCUT2D eigenvalue weighted by Crippen LogP contribution is 2.11. The minimum absolute atomic E-state index is 0.0124. The van der Waals surface area contributed by atoms with E-state index in [0.29, 0.717) is 19.0 Å². The molecule has 0 aliphatic carbocycles. The first-order valence-corrected chi connectivity index (χ1v) is 8.57. The summed E-state index contributed by atoms with van der Waals surface area (Å²) in [6.07, 6.45) is 2.79. The molecule has 0 aromatic rings. The van der Waals surface area contributed by atoms with Crippen molar-refractivity contribution in [3.05, 3.63) is 0 Å². The lowest BCUT2D eigenvalue weighted by atomic mass is 10.1. The molecule has 2 heterocycles. The molecule has 2 rings (SSSR count). The standard InChI is InChI=1S/C16H30N4O2/c1-13(2)12-20-10-6-18-16(22)14(20)11-15(21)17-5-9-19-7-3-4-8-19/h13-14H,3-12H2,1-2H3,(H,17,21)(H,18,22)/t14-/m0/s1. The molecule has 2 N–H and O–H groups in total. The Morgan fingerprint density at radius 2 is 2.05 bits per heavy atom. The fourth-order valence-corrected chi connectivity index (χ4v) is 3.28. The van der Waals surface area contributed by atoms with Gasteiger partial charge in [-0.15, -0.1) is 0 Å². The summed E-state index contributed by atoms with van der Waals surface area (Å²) < 4.78 is 0. The van der Waals surface area contributed by atoms with Crippen molar-refractivity contribution in [1.29, 1.82) is 0 Å². The van der Waals surface area contributed by atoms with Crippen molar-refractivity contribution in [2.75, 3.05) is 45.8 Å². The zero-order chi connectivity index (χ0) is 15.9. The Balaban J connectivity index is 1.75. The summed E-state index contributed by atoms with van der Waals surface area (Å²) >= 11 is 0. The highest BCUT2D eigenvalue weighted by atomic mass is 16.2. The number of likely N-dealkylation sites (tertiary alicyclic amines) is 1. The van der Waals surface area contributed by atoms with Gasteiger partial charge in [0.2, 0.25) is 11.8 Å². The van der Waals surface area contributed by atoms with Crippen LogP contribution < -0.4 is 10.6 Å². The zero-order valence-electron chi connectivity index (χ0n) is 13.9. The Bertz CT molecular complexity index is 380. The average Bonchev–Trinajstić information content (AvgIpc) is 2.95. The molecule has 0 radical (unpaired) electrons. The smallest absolute Gasteiger partial charge is 0.237 e. The highest BCUT2D eigenvalue weighted by molar-refractivity contribution is 5.88. The van der Waals surface area contributed by atoms with E-state index in [-0.39, 0.29) is 24.3 Å². The van der Waals surface area contributed by atoms with E-state index in [9.17, 15) is 9.59 Å². The summed E-state index contributed by atoms with van der Waals surface area (Å²) in [4.78, 5) is 28.7. The molecule has 0 aromatic carbocycles. The van der Waals surface area contributed by atoms with Gasteiger partial charge in [0, 0.05) is 32.7 Å². The van der Waals surface area contributed by atoms with Crippen molar-refractivity contribution in [2.45, 2.75) is 39.2 Å². The largest absolute Gasteiger partial charge is 0.355 e. The quantitative estimate of drug-likeness (QED) is 0.697. The van der Waals surface area contributed by atoms with Crippen LogP contribution in [0.2, 0.25) is 0 Å². The van der Waals surface area contributed by atoms with Gasteiger partial charge in [0.1, 0.15) is 0 Å². The van der Waals surface area contributed by atoms with Gasteiger partial charge in [-0.05, 0) is 31.8 Å². The second kappa shape index (κ2) is 8.48. The third-order valence-corrected chi connectivity index (χ3v) is 4.37. The first kappa shape index (κ1) is 17.2. The Kier molecular flexibility index (Phi) is 6.64. The summed E-state index contributed by atoms with van der Waals surface area (Å²) in [7, 11) is 0. The van der Waals surface area contributed by atoms with Crippen molar-refractivity contribution in [1.82, 2.24) is 20.4 Å². The van der Waals surface area contributed by atoms with E-state index in [4.69, 9.17) is 0 Å². The average molecular weight is 310 g/mol. The Hall–Kier alpha value is -1.14. The van der Waals surface area contributed by atoms with E-state index < -0.39 is 0 Å². The number of nitrogens with one attached hydrogen (secondary N) is 2. The number of hydrogen-bond donors (Lipinski definition) is 2. The molecule has 2 saturated heterocycles. The van der Waals surface area contributed by atoms with E-state index in [0.717, 1.165) is 32.7 Å². The molecule has 0 aromatic heterocycles. The number of carbonyl (C=O) groups excluding carboxylic acids is 2. The number of amides is 2. The molecule has 2 amide bonds. The monoisotopic (exact) mass is 310 g/mol. The van der Waals surface area contributed by atoms with Crippen LogP contribution in [-0.2, 0) is 9.59 Å². The minimum Gasteiger partial charge on any atom is -0.355 e. The fraction of sp³-hybridized carbons (Fsp3) is 0.875. The van der Waals surface area contributed by atoms with E-state index in [1.54, 1.807) is 0 Å². The maximum Gasteiger partial charge on any atom is 0.237 e. The maximum atomic E-state index is 12.1. The van der Waals surface area contributed by atoms with E-state index in [1.165, 1.54) is 12.8 Å². The van der Waals surface area contributed by atoms with E-state index in [1.807, 2.05) is 0 Å². The number of nitrogens with zero attached hydrogens (tertiary/aromatic N) is 2. The van der Waals surface area contributed by atoms with Gasteiger partial charge in [-0.3, -0.25) is 14.5 Å². The lowest BCUT2D eigenvalue weighted by Crippen LogP contribution is -2.57. The van der Waals surface area contributed by atoms with Gasteiger partial charge in [-0.25, -0.2) is 0 Å². The van der Waals surface area contributed by atoms with Crippen LogP contribution >= 0.6 is 0 Å². The van der Waals surface area contributed by atoms with Crippen LogP contribution in [0.5, 0.6) is 0 Å². The predicted molar refractivity (Wildman–Crippen MR) is 86.5 cm³/mol. The minimum atomic E-state index is -0.317. The first-order valence-electron chi connectivity index (χ1n) is 8.57. The van der Waals surface area contributed by atoms with Crippen LogP contribution in [0.15, 0.2) is 0 Å². The zero-order valence-corrected chi connectivity index (χ0v) is 13.9. The Morgan fingerprint density at radius 1 is 1.32 bits per heavy atom. The number of hydrogen-bond acceptors (Lipinski definition) is 4. The van der Waals surface area contributed by atoms with Crippen molar-refractivity contribution in [3.63, 3.8) is 0 Å². The van der Waals surface area contributed by atoms with Crippen molar-refractivity contribution >= 4 is 11.8 Å². The van der Waals surface area contributed by atoms with Gasteiger partial charge in [0.15, 0.2) is 0 Å². The molecule has 1 atom stereocenters. The number of piperazine rings is 1. The third-order valence-electron chi connectivity index (χ3n) is 4.37. The third kappa shape index (κ3) is 5.25. The Labute approximate surface area is 133 Å². The second-order valence-corrected chi connectivity index (χ2v) is 6.80. The molecular weight excluding hydrogens is 280 g/mol. The van der Waals surface area contributed by atoms with Gasteiger partial charge in [0.05, 0.1) is 12.5 Å². The van der Waals surface area contributed by atoms with Crippen molar-refractivity contribution < 1.29 is 9.59 Å². The molecule has 6 heteroatoms. The molecule has 2 fully saturated rings. The van der Waals surface area contributed by atoms with E-state index >= 15 is 0 Å². The van der Waals surface area contributed by atoms with Crippen molar-refractivity contribution in [3.8, 4) is 0 Å². The molecule has 0 spiro atoms. The predicted octanol–water partition coefficient (Wildman–Crippen LogP) is 0.0449. The number of rotatable bonds is 7. The normalized spacial score (nSPS) is 23.8. The number of carbonyl (C=O) groups is 2.